The van der Waals surface area contributed by atoms with Crippen molar-refractivity contribution in [2.75, 3.05) is 0 Å². The maximum atomic E-state index is 13.6. The van der Waals surface area contributed by atoms with Gasteiger partial charge in [0.25, 0.3) is 0 Å². The second-order valence-electron chi connectivity index (χ2n) is 3.31. The van der Waals surface area contributed by atoms with E-state index in [1.54, 1.807) is 30.3 Å². The first kappa shape index (κ1) is 10.2. The lowest BCUT2D eigenvalue weighted by molar-refractivity contribution is 0.631. The Morgan fingerprint density at radius 3 is 2.60 bits per heavy atom. The third-order valence-corrected chi connectivity index (χ3v) is 2.60. The minimum absolute atomic E-state index is 0.262. The molecule has 0 aliphatic rings. The fourth-order valence-corrected chi connectivity index (χ4v) is 1.88. The van der Waals surface area contributed by atoms with Crippen LogP contribution in [0.15, 0.2) is 36.4 Å². The monoisotopic (exact) mass is 219 g/mol. The summed E-state index contributed by atoms with van der Waals surface area (Å²) in [5.41, 5.74) is 2.10. The van der Waals surface area contributed by atoms with Gasteiger partial charge < -0.3 is 0 Å². The first-order valence-corrected chi connectivity index (χ1v) is 4.99. The molecule has 0 fully saturated rings. The normalized spacial score (nSPS) is 10.3. The summed E-state index contributed by atoms with van der Waals surface area (Å²) in [6, 6.07) is 13.1. The SMILES string of the molecule is Cc1[c]ccc(Cl)c1-c1ccccc1F. The Kier molecular flexibility index (Phi) is 2.74. The molecule has 0 nitrogen and oxygen atoms in total. The van der Waals surface area contributed by atoms with Crippen LogP contribution in [0.2, 0.25) is 5.02 Å². The van der Waals surface area contributed by atoms with Crippen LogP contribution in [0.3, 0.4) is 0 Å². The number of benzene rings is 2. The molecule has 2 aromatic carbocycles. The van der Waals surface area contributed by atoms with Gasteiger partial charge in [-0.1, -0.05) is 35.9 Å². The molecule has 0 aliphatic heterocycles. The van der Waals surface area contributed by atoms with E-state index in [-0.39, 0.29) is 5.82 Å². The van der Waals surface area contributed by atoms with Gasteiger partial charge >= 0.3 is 0 Å². The van der Waals surface area contributed by atoms with E-state index < -0.39 is 0 Å². The van der Waals surface area contributed by atoms with Gasteiger partial charge in [-0.2, -0.15) is 0 Å². The van der Waals surface area contributed by atoms with Crippen LogP contribution >= 0.6 is 11.6 Å². The molecule has 2 rings (SSSR count). The van der Waals surface area contributed by atoms with Crippen LogP contribution in [-0.4, -0.2) is 0 Å². The molecule has 0 aliphatic carbocycles. The molecule has 0 saturated carbocycles. The zero-order valence-corrected chi connectivity index (χ0v) is 8.98. The van der Waals surface area contributed by atoms with E-state index in [0.29, 0.717) is 10.6 Å². The van der Waals surface area contributed by atoms with Gasteiger partial charge in [-0.3, -0.25) is 0 Å². The molecule has 2 aromatic rings. The summed E-state index contributed by atoms with van der Waals surface area (Å²) in [6.45, 7) is 1.87. The Balaban J connectivity index is 2.69. The molecule has 15 heavy (non-hydrogen) atoms. The molecule has 0 N–H and O–H groups in total. The van der Waals surface area contributed by atoms with Crippen molar-refractivity contribution in [3.63, 3.8) is 0 Å². The van der Waals surface area contributed by atoms with Crippen molar-refractivity contribution in [3.05, 3.63) is 58.9 Å². The lowest BCUT2D eigenvalue weighted by Gasteiger charge is -2.08. The molecule has 0 aromatic heterocycles. The summed E-state index contributed by atoms with van der Waals surface area (Å²) in [5.74, 6) is -0.262. The molecule has 75 valence electrons. The highest BCUT2D eigenvalue weighted by Gasteiger charge is 2.10. The maximum Gasteiger partial charge on any atom is 0.131 e. The number of hydrogen-bond donors (Lipinski definition) is 0. The summed E-state index contributed by atoms with van der Waals surface area (Å²) < 4.78 is 13.6. The average molecular weight is 220 g/mol. The van der Waals surface area contributed by atoms with Crippen molar-refractivity contribution in [2.24, 2.45) is 0 Å². The number of rotatable bonds is 1. The number of aryl methyl sites for hydroxylation is 1. The molecular weight excluding hydrogens is 211 g/mol. The van der Waals surface area contributed by atoms with E-state index in [1.807, 2.05) is 6.92 Å². The fraction of sp³-hybridized carbons (Fsp3) is 0.0769. The first-order chi connectivity index (χ1) is 7.20. The van der Waals surface area contributed by atoms with E-state index in [2.05, 4.69) is 6.07 Å². The maximum absolute atomic E-state index is 13.6. The Morgan fingerprint density at radius 2 is 1.93 bits per heavy atom. The highest BCUT2D eigenvalue weighted by atomic mass is 35.5. The molecule has 0 atom stereocenters. The highest BCUT2D eigenvalue weighted by Crippen LogP contribution is 2.32. The van der Waals surface area contributed by atoms with E-state index in [4.69, 9.17) is 11.6 Å². The summed E-state index contributed by atoms with van der Waals surface area (Å²) in [7, 11) is 0. The minimum Gasteiger partial charge on any atom is -0.206 e. The topological polar surface area (TPSA) is 0 Å². The molecule has 0 spiro atoms. The van der Waals surface area contributed by atoms with Crippen molar-refractivity contribution >= 4 is 11.6 Å². The molecule has 2 heteroatoms. The predicted octanol–water partition coefficient (Wildman–Crippen LogP) is 4.25. The van der Waals surface area contributed by atoms with Gasteiger partial charge in [-0.15, -0.1) is 0 Å². The summed E-state index contributed by atoms with van der Waals surface area (Å²) >= 11 is 6.05. The zero-order valence-electron chi connectivity index (χ0n) is 8.22. The van der Waals surface area contributed by atoms with Crippen LogP contribution in [0.4, 0.5) is 4.39 Å². The number of hydrogen-bond acceptors (Lipinski definition) is 0. The van der Waals surface area contributed by atoms with Crippen LogP contribution < -0.4 is 0 Å². The largest absolute Gasteiger partial charge is 0.206 e. The number of halogens is 2. The smallest absolute Gasteiger partial charge is 0.131 e. The van der Waals surface area contributed by atoms with Crippen LogP contribution in [-0.2, 0) is 0 Å². The quantitative estimate of drug-likeness (QED) is 0.673. The second-order valence-corrected chi connectivity index (χ2v) is 3.71. The second kappa shape index (κ2) is 4.03. The molecule has 0 amide bonds. The Morgan fingerprint density at radius 1 is 1.20 bits per heavy atom. The Bertz CT molecular complexity index is 471. The van der Waals surface area contributed by atoms with Crippen molar-refractivity contribution in [1.82, 2.24) is 0 Å². The zero-order chi connectivity index (χ0) is 10.8. The summed E-state index contributed by atoms with van der Waals surface area (Å²) in [4.78, 5) is 0. The summed E-state index contributed by atoms with van der Waals surface area (Å²) in [5, 5.41) is 0.552. The van der Waals surface area contributed by atoms with Gasteiger partial charge in [-0.05, 0) is 30.7 Å². The van der Waals surface area contributed by atoms with E-state index in [0.717, 1.165) is 11.1 Å². The van der Waals surface area contributed by atoms with Crippen LogP contribution in [0, 0.1) is 18.8 Å². The lowest BCUT2D eigenvalue weighted by Crippen LogP contribution is -1.88. The van der Waals surface area contributed by atoms with Crippen LogP contribution in [0.25, 0.3) is 11.1 Å². The third kappa shape index (κ3) is 1.88. The average Bonchev–Trinajstić information content (AvgIpc) is 2.20. The first-order valence-electron chi connectivity index (χ1n) is 4.62. The molecule has 0 heterocycles. The van der Waals surface area contributed by atoms with Crippen molar-refractivity contribution in [2.45, 2.75) is 6.92 Å². The Hall–Kier alpha value is -1.34. The van der Waals surface area contributed by atoms with Gasteiger partial charge in [0.2, 0.25) is 0 Å². The molecule has 0 bridgehead atoms. The minimum atomic E-state index is -0.262. The van der Waals surface area contributed by atoms with Gasteiger partial charge in [0.15, 0.2) is 0 Å². The fourth-order valence-electron chi connectivity index (χ4n) is 1.57. The van der Waals surface area contributed by atoms with Crippen molar-refractivity contribution < 1.29 is 4.39 Å². The van der Waals surface area contributed by atoms with Gasteiger partial charge in [0, 0.05) is 16.1 Å². The highest BCUT2D eigenvalue weighted by molar-refractivity contribution is 6.33. The van der Waals surface area contributed by atoms with Gasteiger partial charge in [0.05, 0.1) is 0 Å². The van der Waals surface area contributed by atoms with Gasteiger partial charge in [0.1, 0.15) is 5.82 Å². The molecule has 0 saturated heterocycles. The molecule has 0 unspecified atom stereocenters. The lowest BCUT2D eigenvalue weighted by atomic mass is 10.0. The van der Waals surface area contributed by atoms with Crippen molar-refractivity contribution in [3.8, 4) is 11.1 Å². The molecular formula is C13H9ClF. The molecule has 1 radical (unpaired) electrons. The van der Waals surface area contributed by atoms with Crippen LogP contribution in [0.5, 0.6) is 0 Å². The van der Waals surface area contributed by atoms with E-state index in [1.165, 1.54) is 6.07 Å². The van der Waals surface area contributed by atoms with E-state index >= 15 is 0 Å². The Labute approximate surface area is 93.3 Å². The standard InChI is InChI=1S/C13H9ClF/c1-9-5-4-7-11(14)13(9)10-6-2-3-8-12(10)15/h2-4,6-8H,1H3. The van der Waals surface area contributed by atoms with Gasteiger partial charge in [-0.25, -0.2) is 4.39 Å². The van der Waals surface area contributed by atoms with E-state index in [9.17, 15) is 4.39 Å². The summed E-state index contributed by atoms with van der Waals surface area (Å²) in [6.07, 6.45) is 0. The van der Waals surface area contributed by atoms with Crippen molar-refractivity contribution in [1.29, 1.82) is 0 Å². The third-order valence-electron chi connectivity index (χ3n) is 2.29. The predicted molar refractivity (Wildman–Crippen MR) is 60.4 cm³/mol. The van der Waals surface area contributed by atoms with Crippen LogP contribution in [0.1, 0.15) is 5.56 Å².